The van der Waals surface area contributed by atoms with Crippen LogP contribution < -0.4 is 5.32 Å². The lowest BCUT2D eigenvalue weighted by molar-refractivity contribution is -0.148. The summed E-state index contributed by atoms with van der Waals surface area (Å²) in [4.78, 5) is 25.4. The van der Waals surface area contributed by atoms with Gasteiger partial charge in [-0.2, -0.15) is 0 Å². The van der Waals surface area contributed by atoms with Gasteiger partial charge in [-0.05, 0) is 55.4 Å². The molecule has 0 aliphatic heterocycles. The summed E-state index contributed by atoms with van der Waals surface area (Å²) in [5.41, 5.74) is 2.84. The Hall–Kier alpha value is -1.49. The second-order valence-corrected chi connectivity index (χ2v) is 7.30. The Labute approximate surface area is 148 Å². The van der Waals surface area contributed by atoms with Crippen molar-refractivity contribution in [1.29, 1.82) is 0 Å². The van der Waals surface area contributed by atoms with Crippen molar-refractivity contribution in [3.05, 3.63) is 29.3 Å². The molecule has 1 aromatic rings. The first-order chi connectivity index (χ1) is 11.5. The van der Waals surface area contributed by atoms with E-state index >= 15 is 0 Å². The summed E-state index contributed by atoms with van der Waals surface area (Å²) in [5, 5.41) is 2.84. The molecule has 4 nitrogen and oxygen atoms in total. The molecule has 0 saturated heterocycles. The predicted molar refractivity (Wildman–Crippen MR) is 97.2 cm³/mol. The standard InChI is InChI=1S/C19H27NO3S/c1-4-13(3)18(19(22)23-5-2)20-17(21)12-24-16-10-9-14-7-6-8-15(14)11-16/h9-11,13,18H,4-8,12H2,1-3H3,(H,20,21)/t13-,18+/m1/s1. The van der Waals surface area contributed by atoms with Crippen LogP contribution in [0.25, 0.3) is 0 Å². The average Bonchev–Trinajstić information content (AvgIpc) is 3.05. The molecule has 0 unspecified atom stereocenters. The van der Waals surface area contributed by atoms with Gasteiger partial charge in [-0.1, -0.05) is 26.3 Å². The molecule has 1 aromatic carbocycles. The van der Waals surface area contributed by atoms with E-state index < -0.39 is 6.04 Å². The van der Waals surface area contributed by atoms with Crippen LogP contribution in [0.15, 0.2) is 23.1 Å². The number of hydrogen-bond acceptors (Lipinski definition) is 4. The van der Waals surface area contributed by atoms with E-state index in [2.05, 4.69) is 23.5 Å². The SMILES string of the molecule is CCOC(=O)[C@@H](NC(=O)CSc1ccc2c(c1)CCC2)[C@H](C)CC. The summed E-state index contributed by atoms with van der Waals surface area (Å²) in [6.07, 6.45) is 4.33. The van der Waals surface area contributed by atoms with Gasteiger partial charge in [0, 0.05) is 4.90 Å². The molecule has 1 amide bonds. The lowest BCUT2D eigenvalue weighted by Gasteiger charge is -2.22. The molecule has 0 spiro atoms. The third-order valence-electron chi connectivity index (χ3n) is 4.51. The lowest BCUT2D eigenvalue weighted by Crippen LogP contribution is -2.46. The Morgan fingerprint density at radius 1 is 1.25 bits per heavy atom. The van der Waals surface area contributed by atoms with Crippen molar-refractivity contribution >= 4 is 23.6 Å². The van der Waals surface area contributed by atoms with Crippen molar-refractivity contribution in [2.24, 2.45) is 5.92 Å². The topological polar surface area (TPSA) is 55.4 Å². The average molecular weight is 349 g/mol. The van der Waals surface area contributed by atoms with Crippen LogP contribution in [0.2, 0.25) is 0 Å². The number of benzene rings is 1. The van der Waals surface area contributed by atoms with Crippen molar-refractivity contribution < 1.29 is 14.3 Å². The summed E-state index contributed by atoms with van der Waals surface area (Å²) in [5.74, 6) is -0.106. The fraction of sp³-hybridized carbons (Fsp3) is 0.579. The van der Waals surface area contributed by atoms with E-state index in [1.54, 1.807) is 6.92 Å². The van der Waals surface area contributed by atoms with Gasteiger partial charge in [0.15, 0.2) is 0 Å². The Morgan fingerprint density at radius 3 is 2.71 bits per heavy atom. The molecule has 0 radical (unpaired) electrons. The number of esters is 1. The van der Waals surface area contributed by atoms with E-state index in [4.69, 9.17) is 4.74 Å². The van der Waals surface area contributed by atoms with Gasteiger partial charge < -0.3 is 10.1 Å². The maximum atomic E-state index is 12.2. The lowest BCUT2D eigenvalue weighted by atomic mass is 9.99. The van der Waals surface area contributed by atoms with Crippen molar-refractivity contribution in [3.8, 4) is 0 Å². The normalized spacial score (nSPS) is 15.5. The van der Waals surface area contributed by atoms with Gasteiger partial charge in [0.25, 0.3) is 0 Å². The maximum Gasteiger partial charge on any atom is 0.328 e. The monoisotopic (exact) mass is 349 g/mol. The molecule has 1 N–H and O–H groups in total. The Bertz CT molecular complexity index is 588. The molecular formula is C19H27NO3S. The first-order valence-corrected chi connectivity index (χ1v) is 9.74. The van der Waals surface area contributed by atoms with Gasteiger partial charge in [0.2, 0.25) is 5.91 Å². The fourth-order valence-electron chi connectivity index (χ4n) is 2.90. The van der Waals surface area contributed by atoms with Crippen LogP contribution in [0.3, 0.4) is 0 Å². The maximum absolute atomic E-state index is 12.2. The zero-order chi connectivity index (χ0) is 17.5. The van der Waals surface area contributed by atoms with Crippen LogP contribution in [0.1, 0.15) is 44.7 Å². The fourth-order valence-corrected chi connectivity index (χ4v) is 3.67. The van der Waals surface area contributed by atoms with Gasteiger partial charge in [0.05, 0.1) is 12.4 Å². The highest BCUT2D eigenvalue weighted by Gasteiger charge is 2.27. The summed E-state index contributed by atoms with van der Waals surface area (Å²) < 4.78 is 5.08. The van der Waals surface area contributed by atoms with Crippen LogP contribution in [0, 0.1) is 5.92 Å². The third kappa shape index (κ3) is 5.00. The van der Waals surface area contributed by atoms with E-state index in [1.807, 2.05) is 13.8 Å². The van der Waals surface area contributed by atoms with E-state index in [-0.39, 0.29) is 17.8 Å². The summed E-state index contributed by atoms with van der Waals surface area (Å²) >= 11 is 1.52. The second kappa shape index (κ2) is 9.11. The van der Waals surface area contributed by atoms with Crippen molar-refractivity contribution in [1.82, 2.24) is 5.32 Å². The number of nitrogens with one attached hydrogen (secondary N) is 1. The van der Waals surface area contributed by atoms with E-state index in [0.29, 0.717) is 12.4 Å². The largest absolute Gasteiger partial charge is 0.464 e. The molecule has 0 fully saturated rings. The zero-order valence-electron chi connectivity index (χ0n) is 14.8. The number of fused-ring (bicyclic) bond motifs is 1. The Balaban J connectivity index is 1.89. The summed E-state index contributed by atoms with van der Waals surface area (Å²) in [7, 11) is 0. The first kappa shape index (κ1) is 18.8. The van der Waals surface area contributed by atoms with Gasteiger partial charge in [-0.15, -0.1) is 11.8 Å². The van der Waals surface area contributed by atoms with Gasteiger partial charge in [0.1, 0.15) is 6.04 Å². The van der Waals surface area contributed by atoms with Gasteiger partial charge >= 0.3 is 5.97 Å². The molecule has 2 atom stereocenters. The zero-order valence-corrected chi connectivity index (χ0v) is 15.6. The van der Waals surface area contributed by atoms with Gasteiger partial charge in [-0.3, -0.25) is 4.79 Å². The quantitative estimate of drug-likeness (QED) is 0.577. The predicted octanol–water partition coefficient (Wildman–Crippen LogP) is 3.36. The smallest absolute Gasteiger partial charge is 0.328 e. The molecular weight excluding hydrogens is 322 g/mol. The van der Waals surface area contributed by atoms with E-state index in [0.717, 1.165) is 24.2 Å². The third-order valence-corrected chi connectivity index (χ3v) is 5.50. The number of carbonyl (C=O) groups is 2. The number of thioether (sulfide) groups is 1. The Morgan fingerprint density at radius 2 is 2.00 bits per heavy atom. The summed E-state index contributed by atoms with van der Waals surface area (Å²) in [6.45, 7) is 6.06. The molecule has 0 saturated carbocycles. The molecule has 0 bridgehead atoms. The minimum absolute atomic E-state index is 0.0537. The highest BCUT2D eigenvalue weighted by Crippen LogP contribution is 2.27. The second-order valence-electron chi connectivity index (χ2n) is 6.26. The van der Waals surface area contributed by atoms with Crippen LogP contribution in [-0.2, 0) is 27.2 Å². The van der Waals surface area contributed by atoms with E-state index in [1.165, 1.54) is 29.3 Å². The minimum atomic E-state index is -0.567. The van der Waals surface area contributed by atoms with Crippen LogP contribution >= 0.6 is 11.8 Å². The first-order valence-electron chi connectivity index (χ1n) is 8.75. The molecule has 24 heavy (non-hydrogen) atoms. The number of hydrogen-bond donors (Lipinski definition) is 1. The summed E-state index contributed by atoms with van der Waals surface area (Å²) in [6, 6.07) is 5.88. The van der Waals surface area contributed by atoms with Crippen LogP contribution in [0.4, 0.5) is 0 Å². The number of amides is 1. The van der Waals surface area contributed by atoms with Crippen LogP contribution in [-0.4, -0.2) is 30.3 Å². The van der Waals surface area contributed by atoms with Crippen LogP contribution in [0.5, 0.6) is 0 Å². The van der Waals surface area contributed by atoms with Gasteiger partial charge in [-0.25, -0.2) is 4.79 Å². The molecule has 0 aromatic heterocycles. The molecule has 5 heteroatoms. The highest BCUT2D eigenvalue weighted by atomic mass is 32.2. The number of ether oxygens (including phenoxy) is 1. The molecule has 1 aliphatic rings. The minimum Gasteiger partial charge on any atom is -0.464 e. The van der Waals surface area contributed by atoms with Crippen molar-refractivity contribution in [2.45, 2.75) is 57.4 Å². The van der Waals surface area contributed by atoms with Crippen molar-refractivity contribution in [2.75, 3.05) is 12.4 Å². The van der Waals surface area contributed by atoms with E-state index in [9.17, 15) is 9.59 Å². The number of carbonyl (C=O) groups excluding carboxylic acids is 2. The number of aryl methyl sites for hydroxylation is 2. The molecule has 132 valence electrons. The number of rotatable bonds is 8. The molecule has 1 aliphatic carbocycles. The molecule has 2 rings (SSSR count). The highest BCUT2D eigenvalue weighted by molar-refractivity contribution is 8.00. The Kier molecular flexibility index (Phi) is 7.16. The van der Waals surface area contributed by atoms with Crippen molar-refractivity contribution in [3.63, 3.8) is 0 Å². The molecule has 0 heterocycles.